The Bertz CT molecular complexity index is 5540. The van der Waals surface area contributed by atoms with Gasteiger partial charge in [-0.25, -0.2) is 0 Å². The third-order valence-electron chi connectivity index (χ3n) is 23.4. The molecular formula is C97H77BN4. The van der Waals surface area contributed by atoms with Crippen LogP contribution in [0, 0.1) is 11.8 Å². The smallest absolute Gasteiger partial charge is 0.252 e. The zero-order valence-corrected chi connectivity index (χ0v) is 57.9. The van der Waals surface area contributed by atoms with Gasteiger partial charge in [0, 0.05) is 79.2 Å². The van der Waals surface area contributed by atoms with E-state index in [0.29, 0.717) is 12.1 Å². The van der Waals surface area contributed by atoms with Crippen molar-refractivity contribution in [3.8, 4) is 83.6 Å². The van der Waals surface area contributed by atoms with Crippen LogP contribution in [-0.4, -0.2) is 23.4 Å². The molecule has 0 amide bonds. The van der Waals surface area contributed by atoms with Crippen LogP contribution in [0.15, 0.2) is 328 Å². The minimum Gasteiger partial charge on any atom is -0.365 e. The number of piperidine rings is 2. The first-order valence-electron chi connectivity index (χ1n) is 36.8. The van der Waals surface area contributed by atoms with Crippen molar-refractivity contribution in [2.24, 2.45) is 11.8 Å². The lowest BCUT2D eigenvalue weighted by Gasteiger charge is -2.57. The first-order valence-corrected chi connectivity index (χ1v) is 36.8. The average Bonchev–Trinajstić information content (AvgIpc) is 0.708. The maximum absolute atomic E-state index is 2.91. The molecule has 15 aromatic rings. The third-order valence-corrected chi connectivity index (χ3v) is 23.4. The van der Waals surface area contributed by atoms with Gasteiger partial charge in [0.1, 0.15) is 0 Å². The van der Waals surface area contributed by atoms with Crippen molar-refractivity contribution in [2.45, 2.75) is 70.4 Å². The fraction of sp³-hybridized carbons (Fsp3) is 0.134. The van der Waals surface area contributed by atoms with Crippen LogP contribution in [0.25, 0.3) is 105 Å². The molecule has 488 valence electrons. The molecule has 21 rings (SSSR count). The Hall–Kier alpha value is -11.7. The SMILES string of the molecule is CC(C)(C)c1ccc(-c2cc3c4c(c2)N(c2c(-c5ccccc5)cc(-c5ccccc5)cc2-c2ccccc2)c2cc(-n5c6ccccc6c6ccccc65)ccc2B4c2ccc(N4C5CC6CC(C5)CC4C6)cc2N3c2c(-c3ccccc3)cc(-c3ccccc3)cc2-c2ccccc2)cc1. The summed E-state index contributed by atoms with van der Waals surface area (Å²) in [5.41, 5.74) is 33.1. The Labute approximate surface area is 599 Å². The summed E-state index contributed by atoms with van der Waals surface area (Å²) in [4.78, 5) is 8.43. The molecule has 102 heavy (non-hydrogen) atoms. The number of benzene rings is 14. The fourth-order valence-corrected chi connectivity index (χ4v) is 18.9. The Kier molecular flexibility index (Phi) is 14.2. The van der Waals surface area contributed by atoms with Gasteiger partial charge in [0.2, 0.25) is 0 Å². The summed E-state index contributed by atoms with van der Waals surface area (Å²) in [7, 11) is 0. The monoisotopic (exact) mass is 1310 g/mol. The Morgan fingerprint density at radius 1 is 0.294 bits per heavy atom. The molecule has 1 aromatic heterocycles. The highest BCUT2D eigenvalue weighted by atomic mass is 15.2. The van der Waals surface area contributed by atoms with Crippen LogP contribution in [0.2, 0.25) is 0 Å². The second-order valence-corrected chi connectivity index (χ2v) is 30.4. The molecule has 4 bridgehead atoms. The van der Waals surface area contributed by atoms with Crippen molar-refractivity contribution < 1.29 is 0 Å². The zero-order valence-electron chi connectivity index (χ0n) is 57.9. The number of hydrogen-bond acceptors (Lipinski definition) is 3. The van der Waals surface area contributed by atoms with E-state index in [0.717, 1.165) is 84.8 Å². The van der Waals surface area contributed by atoms with E-state index in [1.165, 1.54) is 126 Å². The second kappa shape index (κ2) is 24.0. The van der Waals surface area contributed by atoms with Crippen LogP contribution in [0.4, 0.5) is 39.8 Å². The summed E-state index contributed by atoms with van der Waals surface area (Å²) in [6.45, 7) is 6.78. The van der Waals surface area contributed by atoms with Crippen molar-refractivity contribution in [1.29, 1.82) is 0 Å². The summed E-state index contributed by atoms with van der Waals surface area (Å²) in [5, 5.41) is 2.48. The lowest BCUT2D eigenvalue weighted by molar-refractivity contribution is 0.0900. The lowest BCUT2D eigenvalue weighted by atomic mass is 9.33. The lowest BCUT2D eigenvalue weighted by Crippen LogP contribution is -2.62. The molecule has 14 aromatic carbocycles. The van der Waals surface area contributed by atoms with Crippen LogP contribution in [0.1, 0.15) is 58.4 Å². The standard InChI is InChI=1S/C97H77BN4/c1-97(2,3)75-44-42-67(43-45-75)74-59-92-94-93(60-74)102(96-84(70-34-18-8-19-35-70)57-73(66-28-12-5-13-29-66)58-85(96)71-36-20-9-21-37-71)91-62-77(100-88-40-24-22-38-80(88)81-39-23-25-41-89(81)100)47-49-87(91)98(94)86-48-46-76(99-78-51-63-50-64(53-78)54-79(99)52-63)61-90(86)101(92)95-82(68-30-14-6-15-31-68)55-72(65-26-10-4-11-27-65)56-83(95)69-32-16-7-17-33-69/h4-49,55-64,78-79H,50-54H2,1-3H3. The summed E-state index contributed by atoms with van der Waals surface area (Å²) in [6, 6.07) is 126. The van der Waals surface area contributed by atoms with Gasteiger partial charge >= 0.3 is 0 Å². The van der Waals surface area contributed by atoms with Crippen molar-refractivity contribution in [3.63, 3.8) is 0 Å². The number of aromatic nitrogens is 1. The number of anilines is 7. The first kappa shape index (κ1) is 60.3. The zero-order chi connectivity index (χ0) is 67.7. The van der Waals surface area contributed by atoms with Gasteiger partial charge < -0.3 is 19.3 Å². The van der Waals surface area contributed by atoms with Crippen LogP contribution >= 0.6 is 0 Å². The molecule has 5 heterocycles. The van der Waals surface area contributed by atoms with E-state index in [4.69, 9.17) is 0 Å². The molecule has 0 unspecified atom stereocenters. The Balaban J connectivity index is 0.962. The van der Waals surface area contributed by atoms with Crippen LogP contribution in [0.5, 0.6) is 0 Å². The van der Waals surface area contributed by atoms with Gasteiger partial charge in [-0.3, -0.25) is 0 Å². The molecule has 6 aliphatic rings. The van der Waals surface area contributed by atoms with E-state index in [1.807, 2.05) is 0 Å². The Morgan fingerprint density at radius 2 is 0.637 bits per heavy atom. The van der Waals surface area contributed by atoms with Gasteiger partial charge in [0.15, 0.2) is 0 Å². The highest BCUT2D eigenvalue weighted by Gasteiger charge is 2.49. The van der Waals surface area contributed by atoms with Gasteiger partial charge in [-0.1, -0.05) is 276 Å². The number of para-hydroxylation sites is 2. The summed E-state index contributed by atoms with van der Waals surface area (Å²) >= 11 is 0. The maximum atomic E-state index is 2.91. The van der Waals surface area contributed by atoms with Gasteiger partial charge in [-0.15, -0.1) is 0 Å². The number of hydrogen-bond donors (Lipinski definition) is 0. The van der Waals surface area contributed by atoms with Gasteiger partial charge in [-0.05, 0) is 200 Å². The molecule has 2 saturated carbocycles. The molecular weight excluding hydrogens is 1230 g/mol. The van der Waals surface area contributed by atoms with Crippen molar-refractivity contribution in [2.75, 3.05) is 14.7 Å². The van der Waals surface area contributed by atoms with E-state index in [1.54, 1.807) is 0 Å². The van der Waals surface area contributed by atoms with Gasteiger partial charge in [-0.2, -0.15) is 0 Å². The average molecular weight is 1310 g/mol. The summed E-state index contributed by atoms with van der Waals surface area (Å²) in [6.07, 6.45) is 6.50. The van der Waals surface area contributed by atoms with E-state index < -0.39 is 0 Å². The van der Waals surface area contributed by atoms with Crippen LogP contribution in [0.3, 0.4) is 0 Å². The predicted octanol–water partition coefficient (Wildman–Crippen LogP) is 23.6. The maximum Gasteiger partial charge on any atom is 0.252 e. The number of rotatable bonds is 11. The highest BCUT2D eigenvalue weighted by molar-refractivity contribution is 7.00. The minimum atomic E-state index is -0.201. The van der Waals surface area contributed by atoms with E-state index >= 15 is 0 Å². The molecule has 4 nitrogen and oxygen atoms in total. The van der Waals surface area contributed by atoms with Crippen LogP contribution < -0.4 is 31.1 Å². The number of nitrogens with zero attached hydrogens (tertiary/aromatic N) is 4. The quantitative estimate of drug-likeness (QED) is 0.120. The Morgan fingerprint density at radius 3 is 1.04 bits per heavy atom. The van der Waals surface area contributed by atoms with E-state index in [-0.39, 0.29) is 12.1 Å². The molecule has 4 fully saturated rings. The normalized spacial score (nSPS) is 17.1. The van der Waals surface area contributed by atoms with Gasteiger partial charge in [0.05, 0.1) is 22.4 Å². The van der Waals surface area contributed by atoms with E-state index in [9.17, 15) is 0 Å². The fourth-order valence-electron chi connectivity index (χ4n) is 18.9. The highest BCUT2D eigenvalue weighted by Crippen LogP contribution is 2.57. The van der Waals surface area contributed by atoms with Crippen molar-refractivity contribution in [1.82, 2.24) is 4.57 Å². The first-order chi connectivity index (χ1) is 50.2. The van der Waals surface area contributed by atoms with Gasteiger partial charge in [0.25, 0.3) is 6.71 Å². The molecule has 5 heteroatoms. The van der Waals surface area contributed by atoms with E-state index in [2.05, 4.69) is 368 Å². The van der Waals surface area contributed by atoms with Crippen LogP contribution in [-0.2, 0) is 5.41 Å². The summed E-state index contributed by atoms with van der Waals surface area (Å²) in [5.74, 6) is 1.63. The molecule has 2 aliphatic carbocycles. The molecule has 0 atom stereocenters. The molecule has 4 aliphatic heterocycles. The molecule has 0 radical (unpaired) electrons. The summed E-state index contributed by atoms with van der Waals surface area (Å²) < 4.78 is 2.52. The minimum absolute atomic E-state index is 0.0468. The third kappa shape index (κ3) is 9.94. The molecule has 0 spiro atoms. The molecule has 0 N–H and O–H groups in total. The second-order valence-electron chi connectivity index (χ2n) is 30.4. The van der Waals surface area contributed by atoms with Crippen molar-refractivity contribution >= 4 is 84.7 Å². The molecule has 2 saturated heterocycles. The van der Waals surface area contributed by atoms with Crippen molar-refractivity contribution in [3.05, 3.63) is 333 Å². The predicted molar refractivity (Wildman–Crippen MR) is 432 cm³/mol. The number of fused-ring (bicyclic) bond motifs is 7. The largest absolute Gasteiger partial charge is 0.365 e. The topological polar surface area (TPSA) is 14.7 Å².